The molecule has 0 heterocycles. The number of nitrogens with two attached hydrogens (primary N) is 1. The molecule has 0 radical (unpaired) electrons. The number of hydrogen-bond acceptors (Lipinski definition) is 2. The van der Waals surface area contributed by atoms with Crippen LogP contribution < -0.4 is 11.1 Å². The van der Waals surface area contributed by atoms with Gasteiger partial charge in [-0.1, -0.05) is 38.5 Å². The number of guanidine groups is 1. The molecular weight excluding hydrogens is 262 g/mol. The molecule has 0 aromatic rings. The molecule has 0 atom stereocenters. The van der Waals surface area contributed by atoms with E-state index in [0.717, 1.165) is 19.6 Å². The lowest BCUT2D eigenvalue weighted by atomic mass is 9.83. The van der Waals surface area contributed by atoms with Crippen LogP contribution in [0.2, 0.25) is 0 Å². The highest BCUT2D eigenvalue weighted by atomic mass is 16.5. The molecule has 0 saturated heterocycles. The van der Waals surface area contributed by atoms with Gasteiger partial charge in [-0.2, -0.15) is 0 Å². The van der Waals surface area contributed by atoms with Crippen LogP contribution in [0.25, 0.3) is 0 Å². The van der Waals surface area contributed by atoms with Crippen LogP contribution in [-0.4, -0.2) is 32.3 Å². The van der Waals surface area contributed by atoms with Crippen molar-refractivity contribution in [3.05, 3.63) is 0 Å². The molecular formula is C17H33N3O. The molecule has 0 amide bonds. The van der Waals surface area contributed by atoms with Crippen LogP contribution in [-0.2, 0) is 4.74 Å². The molecule has 4 nitrogen and oxygen atoms in total. The van der Waals surface area contributed by atoms with E-state index < -0.39 is 0 Å². The summed E-state index contributed by atoms with van der Waals surface area (Å²) in [6, 6.07) is 0.537. The summed E-state index contributed by atoms with van der Waals surface area (Å²) >= 11 is 0. The minimum absolute atomic E-state index is 0.339. The predicted molar refractivity (Wildman–Crippen MR) is 88.5 cm³/mol. The van der Waals surface area contributed by atoms with E-state index in [9.17, 15) is 0 Å². The second kappa shape index (κ2) is 8.62. The van der Waals surface area contributed by atoms with Crippen molar-refractivity contribution in [2.24, 2.45) is 16.1 Å². The Bertz CT molecular complexity index is 316. The van der Waals surface area contributed by atoms with E-state index in [1.54, 1.807) is 7.11 Å². The van der Waals surface area contributed by atoms with Crippen molar-refractivity contribution >= 4 is 5.96 Å². The van der Waals surface area contributed by atoms with Gasteiger partial charge in [-0.05, 0) is 37.5 Å². The van der Waals surface area contributed by atoms with Gasteiger partial charge in [-0.3, -0.25) is 4.99 Å². The fourth-order valence-corrected chi connectivity index (χ4v) is 3.86. The number of hydrogen-bond donors (Lipinski definition) is 2. The highest BCUT2D eigenvalue weighted by Crippen LogP contribution is 2.41. The van der Waals surface area contributed by atoms with Gasteiger partial charge in [0.2, 0.25) is 0 Å². The van der Waals surface area contributed by atoms with Crippen LogP contribution in [0.1, 0.15) is 70.6 Å². The van der Waals surface area contributed by atoms with Crippen LogP contribution in [0.3, 0.4) is 0 Å². The third-order valence-electron chi connectivity index (χ3n) is 5.29. The van der Waals surface area contributed by atoms with Crippen LogP contribution in [0, 0.1) is 5.41 Å². The Morgan fingerprint density at radius 2 is 1.81 bits per heavy atom. The molecule has 0 aromatic heterocycles. The maximum atomic E-state index is 6.13. The van der Waals surface area contributed by atoms with Crippen molar-refractivity contribution in [3.8, 4) is 0 Å². The van der Waals surface area contributed by atoms with Crippen molar-refractivity contribution in [2.45, 2.75) is 76.7 Å². The zero-order valence-electron chi connectivity index (χ0n) is 13.7. The summed E-state index contributed by atoms with van der Waals surface area (Å²) < 4.78 is 5.28. The number of aliphatic imine (C=N–C) groups is 1. The second-order valence-corrected chi connectivity index (χ2v) is 6.98. The number of methoxy groups -OCH3 is 1. The molecule has 2 saturated carbocycles. The molecule has 0 bridgehead atoms. The van der Waals surface area contributed by atoms with E-state index >= 15 is 0 Å². The third kappa shape index (κ3) is 5.50. The van der Waals surface area contributed by atoms with Gasteiger partial charge in [0.1, 0.15) is 0 Å². The Kier molecular flexibility index (Phi) is 6.81. The van der Waals surface area contributed by atoms with Crippen LogP contribution in [0.15, 0.2) is 4.99 Å². The van der Waals surface area contributed by atoms with Gasteiger partial charge < -0.3 is 15.8 Å². The lowest BCUT2D eigenvalue weighted by Crippen LogP contribution is -2.40. The molecule has 122 valence electrons. The Morgan fingerprint density at radius 3 is 2.43 bits per heavy atom. The first-order valence-electron chi connectivity index (χ1n) is 8.79. The van der Waals surface area contributed by atoms with E-state index in [-0.39, 0.29) is 0 Å². The van der Waals surface area contributed by atoms with Gasteiger partial charge in [-0.25, -0.2) is 0 Å². The molecule has 0 aromatic carbocycles. The van der Waals surface area contributed by atoms with Crippen molar-refractivity contribution in [1.29, 1.82) is 0 Å². The molecule has 2 aliphatic rings. The molecule has 2 fully saturated rings. The van der Waals surface area contributed by atoms with Gasteiger partial charge in [0.25, 0.3) is 0 Å². The number of ether oxygens (including phenoxy) is 1. The summed E-state index contributed by atoms with van der Waals surface area (Å²) in [7, 11) is 1.79. The first-order chi connectivity index (χ1) is 10.2. The van der Waals surface area contributed by atoms with Crippen molar-refractivity contribution in [3.63, 3.8) is 0 Å². The molecule has 0 spiro atoms. The topological polar surface area (TPSA) is 59.6 Å². The summed E-state index contributed by atoms with van der Waals surface area (Å²) in [5, 5.41) is 3.45. The Labute approximate surface area is 129 Å². The minimum atomic E-state index is 0.339. The smallest absolute Gasteiger partial charge is 0.188 e. The standard InChI is InChI=1S/C17H33N3O/c1-21-13-12-17(10-6-7-11-17)14-19-16(18)20-15-8-4-2-3-5-9-15/h15H,2-14H2,1H3,(H3,18,19,20). The van der Waals surface area contributed by atoms with Gasteiger partial charge in [0.15, 0.2) is 5.96 Å². The summed E-state index contributed by atoms with van der Waals surface area (Å²) in [5.41, 5.74) is 6.47. The van der Waals surface area contributed by atoms with Crippen LogP contribution in [0.5, 0.6) is 0 Å². The number of nitrogens with one attached hydrogen (secondary N) is 1. The quantitative estimate of drug-likeness (QED) is 0.449. The normalized spacial score (nSPS) is 24.0. The zero-order valence-corrected chi connectivity index (χ0v) is 13.7. The van der Waals surface area contributed by atoms with Gasteiger partial charge in [0, 0.05) is 26.3 Å². The Hall–Kier alpha value is -0.770. The summed E-state index contributed by atoms with van der Waals surface area (Å²) in [6.45, 7) is 1.70. The molecule has 4 heteroatoms. The lowest BCUT2D eigenvalue weighted by molar-refractivity contribution is 0.141. The van der Waals surface area contributed by atoms with Crippen molar-refractivity contribution in [2.75, 3.05) is 20.3 Å². The Balaban J connectivity index is 1.82. The molecule has 0 aliphatic heterocycles. The summed E-state index contributed by atoms with van der Waals surface area (Å²) in [6.07, 6.45) is 14.2. The number of rotatable bonds is 6. The first-order valence-corrected chi connectivity index (χ1v) is 8.79. The van der Waals surface area contributed by atoms with Crippen LogP contribution in [0.4, 0.5) is 0 Å². The fourth-order valence-electron chi connectivity index (χ4n) is 3.86. The predicted octanol–water partition coefficient (Wildman–Crippen LogP) is 3.21. The van der Waals surface area contributed by atoms with E-state index in [1.807, 2.05) is 0 Å². The minimum Gasteiger partial charge on any atom is -0.385 e. The maximum absolute atomic E-state index is 6.13. The highest BCUT2D eigenvalue weighted by molar-refractivity contribution is 5.78. The third-order valence-corrected chi connectivity index (χ3v) is 5.29. The second-order valence-electron chi connectivity index (χ2n) is 6.98. The molecule has 21 heavy (non-hydrogen) atoms. The van der Waals surface area contributed by atoms with Crippen molar-refractivity contribution in [1.82, 2.24) is 5.32 Å². The highest BCUT2D eigenvalue weighted by Gasteiger charge is 2.33. The average Bonchev–Trinajstić information content (AvgIpc) is 2.81. The van der Waals surface area contributed by atoms with E-state index in [4.69, 9.17) is 10.5 Å². The van der Waals surface area contributed by atoms with Crippen LogP contribution >= 0.6 is 0 Å². The number of nitrogens with zero attached hydrogens (tertiary/aromatic N) is 1. The SMILES string of the molecule is COCCC1(CN=C(N)NC2CCCCCC2)CCCC1. The fraction of sp³-hybridized carbons (Fsp3) is 0.941. The Morgan fingerprint density at radius 1 is 1.14 bits per heavy atom. The zero-order chi connectivity index (χ0) is 15.0. The summed E-state index contributed by atoms with van der Waals surface area (Å²) in [4.78, 5) is 4.68. The van der Waals surface area contributed by atoms with Gasteiger partial charge in [0.05, 0.1) is 0 Å². The maximum Gasteiger partial charge on any atom is 0.188 e. The first kappa shape index (κ1) is 16.6. The van der Waals surface area contributed by atoms with E-state index in [2.05, 4.69) is 10.3 Å². The average molecular weight is 295 g/mol. The molecule has 2 aliphatic carbocycles. The van der Waals surface area contributed by atoms with E-state index in [0.29, 0.717) is 17.4 Å². The summed E-state index contributed by atoms with van der Waals surface area (Å²) in [5.74, 6) is 0.658. The molecule has 2 rings (SSSR count). The molecule has 3 N–H and O–H groups in total. The van der Waals surface area contributed by atoms with E-state index in [1.165, 1.54) is 64.2 Å². The van der Waals surface area contributed by atoms with Crippen molar-refractivity contribution < 1.29 is 4.74 Å². The molecule has 0 unspecified atom stereocenters. The van der Waals surface area contributed by atoms with Gasteiger partial charge in [-0.15, -0.1) is 0 Å². The van der Waals surface area contributed by atoms with Gasteiger partial charge >= 0.3 is 0 Å². The lowest BCUT2D eigenvalue weighted by Gasteiger charge is -2.27. The largest absolute Gasteiger partial charge is 0.385 e. The monoisotopic (exact) mass is 295 g/mol.